The van der Waals surface area contributed by atoms with Gasteiger partial charge < -0.3 is 5.32 Å². The highest BCUT2D eigenvalue weighted by Gasteiger charge is 2.40. The fourth-order valence-electron chi connectivity index (χ4n) is 3.69. The van der Waals surface area contributed by atoms with Crippen molar-refractivity contribution in [3.63, 3.8) is 0 Å². The van der Waals surface area contributed by atoms with Crippen LogP contribution in [0.1, 0.15) is 53.4 Å². The van der Waals surface area contributed by atoms with Crippen LogP contribution in [-0.4, -0.2) is 11.9 Å². The third kappa shape index (κ3) is 2.78. The number of hydrogen-bond donors (Lipinski definition) is 1. The highest BCUT2D eigenvalue weighted by Crippen LogP contribution is 2.38. The molecule has 1 unspecified atom stereocenters. The molecule has 0 heterocycles. The van der Waals surface area contributed by atoms with Crippen molar-refractivity contribution in [2.45, 2.75) is 52.0 Å². The van der Waals surface area contributed by atoms with E-state index in [9.17, 15) is 4.79 Å². The number of nitrogens with one attached hydrogen (secondary N) is 1. The minimum absolute atomic E-state index is 0.0384. The number of aryl methyl sites for hydroxylation is 2. The normalized spacial score (nSPS) is 18.5. The van der Waals surface area contributed by atoms with Gasteiger partial charge in [0.15, 0.2) is 0 Å². The zero-order chi connectivity index (χ0) is 16.6. The van der Waals surface area contributed by atoms with Crippen molar-refractivity contribution in [1.82, 2.24) is 5.32 Å². The summed E-state index contributed by atoms with van der Waals surface area (Å²) in [6.45, 7) is 8.61. The summed E-state index contributed by atoms with van der Waals surface area (Å²) in [5, 5.41) is 3.29. The van der Waals surface area contributed by atoms with Gasteiger partial charge in [-0.05, 0) is 42.5 Å². The Kier molecular flexibility index (Phi) is 4.01. The van der Waals surface area contributed by atoms with Gasteiger partial charge in [-0.1, -0.05) is 62.7 Å². The summed E-state index contributed by atoms with van der Waals surface area (Å²) in [4.78, 5) is 12.8. The van der Waals surface area contributed by atoms with E-state index in [2.05, 4.69) is 63.3 Å². The largest absolute Gasteiger partial charge is 0.348 e. The molecule has 23 heavy (non-hydrogen) atoms. The third-order valence-corrected chi connectivity index (χ3v) is 5.20. The van der Waals surface area contributed by atoms with Gasteiger partial charge in [0.25, 0.3) is 5.91 Å². The Hall–Kier alpha value is -2.09. The second kappa shape index (κ2) is 5.84. The van der Waals surface area contributed by atoms with E-state index in [4.69, 9.17) is 0 Å². The number of fused-ring (bicyclic) bond motifs is 1. The van der Waals surface area contributed by atoms with Gasteiger partial charge in [0, 0.05) is 17.0 Å². The Labute approximate surface area is 138 Å². The fourth-order valence-corrected chi connectivity index (χ4v) is 3.69. The molecule has 2 aromatic carbocycles. The van der Waals surface area contributed by atoms with E-state index < -0.39 is 0 Å². The van der Waals surface area contributed by atoms with Gasteiger partial charge in [0.2, 0.25) is 0 Å². The molecule has 1 atom stereocenters. The number of benzene rings is 2. The van der Waals surface area contributed by atoms with Crippen molar-refractivity contribution in [3.8, 4) is 0 Å². The van der Waals surface area contributed by atoms with E-state index in [-0.39, 0.29) is 17.4 Å². The Balaban J connectivity index is 1.85. The van der Waals surface area contributed by atoms with Gasteiger partial charge >= 0.3 is 0 Å². The predicted molar refractivity (Wildman–Crippen MR) is 95.0 cm³/mol. The van der Waals surface area contributed by atoms with Crippen molar-refractivity contribution in [3.05, 3.63) is 70.3 Å². The van der Waals surface area contributed by atoms with Crippen LogP contribution in [0.2, 0.25) is 0 Å². The van der Waals surface area contributed by atoms with Gasteiger partial charge in [-0.2, -0.15) is 0 Å². The fraction of sp³-hybridized carbons (Fsp3) is 0.381. The maximum Gasteiger partial charge on any atom is 0.251 e. The monoisotopic (exact) mass is 307 g/mol. The minimum Gasteiger partial charge on any atom is -0.348 e. The van der Waals surface area contributed by atoms with Crippen molar-refractivity contribution in [2.24, 2.45) is 0 Å². The topological polar surface area (TPSA) is 29.1 Å². The van der Waals surface area contributed by atoms with Crippen LogP contribution < -0.4 is 5.32 Å². The van der Waals surface area contributed by atoms with E-state index in [0.717, 1.165) is 24.0 Å². The summed E-state index contributed by atoms with van der Waals surface area (Å²) in [5.41, 5.74) is 5.79. The molecule has 0 aromatic heterocycles. The number of carbonyl (C=O) groups is 1. The first-order chi connectivity index (χ1) is 10.9. The summed E-state index contributed by atoms with van der Waals surface area (Å²) in [6, 6.07) is 14.7. The van der Waals surface area contributed by atoms with E-state index in [1.165, 1.54) is 16.7 Å². The van der Waals surface area contributed by atoms with Crippen molar-refractivity contribution in [2.75, 3.05) is 0 Å². The molecule has 1 aliphatic carbocycles. The average Bonchev–Trinajstić information content (AvgIpc) is 2.78. The molecule has 0 spiro atoms. The molecule has 1 N–H and O–H groups in total. The molecule has 120 valence electrons. The van der Waals surface area contributed by atoms with Gasteiger partial charge in [-0.3, -0.25) is 4.79 Å². The van der Waals surface area contributed by atoms with Crippen LogP contribution in [0.5, 0.6) is 0 Å². The average molecular weight is 307 g/mol. The Morgan fingerprint density at radius 1 is 1.22 bits per heavy atom. The summed E-state index contributed by atoms with van der Waals surface area (Å²) in [5.74, 6) is 0.0488. The number of rotatable bonds is 3. The maximum absolute atomic E-state index is 12.8. The predicted octanol–water partition coefficient (Wildman–Crippen LogP) is 4.19. The number of hydrogen-bond acceptors (Lipinski definition) is 1. The zero-order valence-corrected chi connectivity index (χ0v) is 14.4. The first-order valence-corrected chi connectivity index (χ1v) is 8.42. The summed E-state index contributed by atoms with van der Waals surface area (Å²) < 4.78 is 0. The van der Waals surface area contributed by atoms with Crippen LogP contribution in [0, 0.1) is 6.92 Å². The van der Waals surface area contributed by atoms with Crippen LogP contribution >= 0.6 is 0 Å². The van der Waals surface area contributed by atoms with Gasteiger partial charge in [-0.25, -0.2) is 0 Å². The maximum atomic E-state index is 12.8. The van der Waals surface area contributed by atoms with Crippen LogP contribution in [0.3, 0.4) is 0 Å². The Morgan fingerprint density at radius 2 is 1.96 bits per heavy atom. The summed E-state index contributed by atoms with van der Waals surface area (Å²) in [6.07, 6.45) is 1.78. The molecule has 2 heteroatoms. The summed E-state index contributed by atoms with van der Waals surface area (Å²) in [7, 11) is 0. The van der Waals surface area contributed by atoms with Crippen LogP contribution in [0.4, 0.5) is 0 Å². The zero-order valence-electron chi connectivity index (χ0n) is 14.4. The molecule has 2 aromatic rings. The molecular weight excluding hydrogens is 282 g/mol. The molecule has 0 fully saturated rings. The first-order valence-electron chi connectivity index (χ1n) is 8.42. The van der Waals surface area contributed by atoms with Crippen LogP contribution in [-0.2, 0) is 18.3 Å². The Morgan fingerprint density at radius 3 is 2.65 bits per heavy atom. The molecule has 0 bridgehead atoms. The molecule has 1 amide bonds. The van der Waals surface area contributed by atoms with E-state index in [1.807, 2.05) is 12.1 Å². The highest BCUT2D eigenvalue weighted by molar-refractivity contribution is 5.96. The molecule has 0 aliphatic heterocycles. The molecule has 2 nitrogen and oxygen atoms in total. The standard InChI is InChI=1S/C21H25NO/c1-5-15-12-14(2)10-11-17(15)20(23)22-19-13-16-8-6-7-9-18(16)21(19,3)4/h6-12,19H,5,13H2,1-4H3,(H,22,23). The molecular formula is C21H25NO. The number of carbonyl (C=O) groups excluding carboxylic acids is 1. The number of amides is 1. The van der Waals surface area contributed by atoms with Gasteiger partial charge in [-0.15, -0.1) is 0 Å². The van der Waals surface area contributed by atoms with Crippen molar-refractivity contribution >= 4 is 5.91 Å². The molecule has 3 rings (SSSR count). The Bertz CT molecular complexity index is 745. The molecule has 0 saturated carbocycles. The quantitative estimate of drug-likeness (QED) is 0.905. The van der Waals surface area contributed by atoms with E-state index >= 15 is 0 Å². The lowest BCUT2D eigenvalue weighted by atomic mass is 9.83. The smallest absolute Gasteiger partial charge is 0.251 e. The second-order valence-electron chi connectivity index (χ2n) is 7.12. The van der Waals surface area contributed by atoms with Gasteiger partial charge in [0.05, 0.1) is 0 Å². The first kappa shape index (κ1) is 15.8. The lowest BCUT2D eigenvalue weighted by Crippen LogP contribution is -2.45. The van der Waals surface area contributed by atoms with Crippen LogP contribution in [0.25, 0.3) is 0 Å². The molecule has 0 saturated heterocycles. The molecule has 0 radical (unpaired) electrons. The van der Waals surface area contributed by atoms with Crippen LogP contribution in [0.15, 0.2) is 42.5 Å². The second-order valence-corrected chi connectivity index (χ2v) is 7.12. The SMILES string of the molecule is CCc1cc(C)ccc1C(=O)NC1Cc2ccccc2C1(C)C. The van der Waals surface area contributed by atoms with Gasteiger partial charge in [0.1, 0.15) is 0 Å². The highest BCUT2D eigenvalue weighted by atomic mass is 16.1. The molecule has 1 aliphatic rings. The summed E-state index contributed by atoms with van der Waals surface area (Å²) >= 11 is 0. The minimum atomic E-state index is -0.0384. The third-order valence-electron chi connectivity index (χ3n) is 5.20. The lowest BCUT2D eigenvalue weighted by molar-refractivity contribution is 0.0922. The van der Waals surface area contributed by atoms with E-state index in [1.54, 1.807) is 0 Å². The van der Waals surface area contributed by atoms with Crippen molar-refractivity contribution in [1.29, 1.82) is 0 Å². The lowest BCUT2D eigenvalue weighted by Gasteiger charge is -2.29. The van der Waals surface area contributed by atoms with Crippen molar-refractivity contribution < 1.29 is 4.79 Å². The van der Waals surface area contributed by atoms with E-state index in [0.29, 0.717) is 0 Å².